The summed E-state index contributed by atoms with van der Waals surface area (Å²) in [6, 6.07) is 0.362. The Morgan fingerprint density at radius 2 is 2.17 bits per heavy atom. The van der Waals surface area contributed by atoms with E-state index in [-0.39, 0.29) is 12.3 Å². The van der Waals surface area contributed by atoms with E-state index in [1.807, 2.05) is 13.8 Å². The molecule has 0 aromatic carbocycles. The molecule has 1 amide bonds. The topological polar surface area (TPSA) is 67.2 Å². The fraction of sp³-hybridized carbons (Fsp3) is 0.625. The van der Waals surface area contributed by atoms with Crippen molar-refractivity contribution in [1.29, 1.82) is 0 Å². The van der Waals surface area contributed by atoms with E-state index >= 15 is 0 Å². The Balaban J connectivity index is 3.95. The second kappa shape index (κ2) is 5.46. The van der Waals surface area contributed by atoms with Gasteiger partial charge in [-0.3, -0.25) is 4.79 Å². The smallest absolute Gasteiger partial charge is 0.223 e. The molecule has 0 heterocycles. The third kappa shape index (κ3) is 5.58. The highest BCUT2D eigenvalue weighted by Gasteiger charge is 1.98. The van der Waals surface area contributed by atoms with Crippen LogP contribution in [0.2, 0.25) is 0 Å². The first kappa shape index (κ1) is 10.8. The number of carbonyl (C=O) groups excluding carboxylic acids is 1. The molecule has 0 bridgehead atoms. The minimum atomic E-state index is -0.332. The van der Waals surface area contributed by atoms with Crippen molar-refractivity contribution in [2.75, 3.05) is 7.05 Å². The average molecular weight is 171 g/mol. The molecular formula is C8H17N3O. The SMILES string of the molecule is CN/C(=C\NC(C)C)CC(N)=O. The molecule has 0 aliphatic carbocycles. The Hall–Kier alpha value is -1.19. The van der Waals surface area contributed by atoms with Crippen LogP contribution in [0, 0.1) is 0 Å². The minimum Gasteiger partial charge on any atom is -0.390 e. The summed E-state index contributed by atoms with van der Waals surface area (Å²) >= 11 is 0. The van der Waals surface area contributed by atoms with Crippen molar-refractivity contribution in [1.82, 2.24) is 10.6 Å². The van der Waals surface area contributed by atoms with Crippen LogP contribution in [0.4, 0.5) is 0 Å². The molecule has 0 fully saturated rings. The van der Waals surface area contributed by atoms with Gasteiger partial charge in [0.15, 0.2) is 0 Å². The van der Waals surface area contributed by atoms with Gasteiger partial charge < -0.3 is 16.4 Å². The number of rotatable bonds is 5. The minimum absolute atomic E-state index is 0.246. The third-order valence-corrected chi connectivity index (χ3v) is 1.28. The Labute approximate surface area is 73.2 Å². The summed E-state index contributed by atoms with van der Waals surface area (Å²) in [4.78, 5) is 10.5. The molecule has 4 heteroatoms. The Morgan fingerprint density at radius 3 is 2.50 bits per heavy atom. The van der Waals surface area contributed by atoms with Crippen LogP contribution in [0.5, 0.6) is 0 Å². The van der Waals surface area contributed by atoms with Gasteiger partial charge in [0, 0.05) is 25.0 Å². The maximum absolute atomic E-state index is 10.5. The van der Waals surface area contributed by atoms with Crippen molar-refractivity contribution in [2.45, 2.75) is 26.3 Å². The molecule has 12 heavy (non-hydrogen) atoms. The van der Waals surface area contributed by atoms with Crippen LogP contribution in [-0.4, -0.2) is 19.0 Å². The molecule has 70 valence electrons. The number of nitrogens with one attached hydrogen (secondary N) is 2. The second-order valence-electron chi connectivity index (χ2n) is 2.88. The van der Waals surface area contributed by atoms with Gasteiger partial charge in [0.05, 0.1) is 6.42 Å². The van der Waals surface area contributed by atoms with Gasteiger partial charge in [-0.25, -0.2) is 0 Å². The summed E-state index contributed by atoms with van der Waals surface area (Å²) in [7, 11) is 1.76. The molecule has 0 aliphatic rings. The van der Waals surface area contributed by atoms with Gasteiger partial charge in [-0.2, -0.15) is 0 Å². The molecule has 0 unspecified atom stereocenters. The van der Waals surface area contributed by atoms with E-state index in [0.717, 1.165) is 5.70 Å². The van der Waals surface area contributed by atoms with Gasteiger partial charge in [-0.1, -0.05) is 0 Å². The lowest BCUT2D eigenvalue weighted by molar-refractivity contribution is -0.117. The lowest BCUT2D eigenvalue weighted by Crippen LogP contribution is -2.22. The zero-order chi connectivity index (χ0) is 9.56. The Bertz CT molecular complexity index is 175. The molecule has 0 aromatic rings. The fourth-order valence-electron chi connectivity index (χ4n) is 0.667. The molecule has 0 saturated carbocycles. The number of hydrogen-bond acceptors (Lipinski definition) is 3. The summed E-state index contributed by atoms with van der Waals surface area (Å²) in [6.07, 6.45) is 2.02. The molecule has 0 aliphatic heterocycles. The summed E-state index contributed by atoms with van der Waals surface area (Å²) in [6.45, 7) is 4.04. The van der Waals surface area contributed by atoms with E-state index in [1.165, 1.54) is 0 Å². The molecule has 0 rings (SSSR count). The predicted molar refractivity (Wildman–Crippen MR) is 49.2 cm³/mol. The largest absolute Gasteiger partial charge is 0.390 e. The number of hydrogen-bond donors (Lipinski definition) is 3. The highest BCUT2D eigenvalue weighted by molar-refractivity contribution is 5.76. The first-order chi connectivity index (χ1) is 5.56. The molecule has 0 aromatic heterocycles. The van der Waals surface area contributed by atoms with Gasteiger partial charge in [0.2, 0.25) is 5.91 Å². The zero-order valence-corrected chi connectivity index (χ0v) is 7.85. The number of primary amides is 1. The maximum atomic E-state index is 10.5. The van der Waals surface area contributed by atoms with Gasteiger partial charge in [-0.05, 0) is 13.8 Å². The lowest BCUT2D eigenvalue weighted by Gasteiger charge is -2.08. The monoisotopic (exact) mass is 171 g/mol. The highest BCUT2D eigenvalue weighted by atomic mass is 16.1. The van der Waals surface area contributed by atoms with E-state index in [4.69, 9.17) is 5.73 Å². The van der Waals surface area contributed by atoms with Crippen LogP contribution in [0.3, 0.4) is 0 Å². The Kier molecular flexibility index (Phi) is 4.92. The van der Waals surface area contributed by atoms with Crippen molar-refractivity contribution < 1.29 is 4.79 Å². The van der Waals surface area contributed by atoms with Crippen LogP contribution >= 0.6 is 0 Å². The zero-order valence-electron chi connectivity index (χ0n) is 7.85. The average Bonchev–Trinajstić information content (AvgIpc) is 1.97. The predicted octanol–water partition coefficient (Wildman–Crippen LogP) is -0.0794. The van der Waals surface area contributed by atoms with Crippen molar-refractivity contribution in [3.05, 3.63) is 11.9 Å². The normalized spacial score (nSPS) is 11.5. The van der Waals surface area contributed by atoms with Crippen LogP contribution < -0.4 is 16.4 Å². The molecule has 4 N–H and O–H groups in total. The van der Waals surface area contributed by atoms with Crippen molar-refractivity contribution in [2.24, 2.45) is 5.73 Å². The third-order valence-electron chi connectivity index (χ3n) is 1.28. The second-order valence-corrected chi connectivity index (χ2v) is 2.88. The summed E-state index contributed by atoms with van der Waals surface area (Å²) < 4.78 is 0. The van der Waals surface area contributed by atoms with Crippen LogP contribution in [0.1, 0.15) is 20.3 Å². The fourth-order valence-corrected chi connectivity index (χ4v) is 0.667. The van der Waals surface area contributed by atoms with Crippen LogP contribution in [0.25, 0.3) is 0 Å². The number of nitrogens with two attached hydrogens (primary N) is 1. The highest BCUT2D eigenvalue weighted by Crippen LogP contribution is 1.92. The Morgan fingerprint density at radius 1 is 1.58 bits per heavy atom. The van der Waals surface area contributed by atoms with Crippen molar-refractivity contribution >= 4 is 5.91 Å². The molecule has 0 saturated heterocycles. The van der Waals surface area contributed by atoms with E-state index in [1.54, 1.807) is 13.2 Å². The van der Waals surface area contributed by atoms with Gasteiger partial charge in [0.25, 0.3) is 0 Å². The van der Waals surface area contributed by atoms with Crippen molar-refractivity contribution in [3.63, 3.8) is 0 Å². The quantitative estimate of drug-likeness (QED) is 0.542. The van der Waals surface area contributed by atoms with Crippen LogP contribution in [0.15, 0.2) is 11.9 Å². The van der Waals surface area contributed by atoms with Crippen molar-refractivity contribution in [3.8, 4) is 0 Å². The van der Waals surface area contributed by atoms with E-state index in [2.05, 4.69) is 10.6 Å². The van der Waals surface area contributed by atoms with Gasteiger partial charge in [0.1, 0.15) is 0 Å². The number of carbonyl (C=O) groups is 1. The summed E-state index contributed by atoms with van der Waals surface area (Å²) in [5.41, 5.74) is 5.83. The van der Waals surface area contributed by atoms with E-state index in [9.17, 15) is 4.79 Å². The molecule has 0 spiro atoms. The molecule has 0 radical (unpaired) electrons. The maximum Gasteiger partial charge on any atom is 0.223 e. The van der Waals surface area contributed by atoms with E-state index in [0.29, 0.717) is 6.04 Å². The van der Waals surface area contributed by atoms with Crippen LogP contribution in [-0.2, 0) is 4.79 Å². The lowest BCUT2D eigenvalue weighted by atomic mass is 10.3. The molecular weight excluding hydrogens is 154 g/mol. The first-order valence-electron chi connectivity index (χ1n) is 3.97. The summed E-state index contributed by atoms with van der Waals surface area (Å²) in [5.74, 6) is -0.332. The van der Waals surface area contributed by atoms with Gasteiger partial charge in [-0.15, -0.1) is 0 Å². The molecule has 0 atom stereocenters. The molecule has 4 nitrogen and oxygen atoms in total. The number of amides is 1. The first-order valence-corrected chi connectivity index (χ1v) is 3.97. The summed E-state index contributed by atoms with van der Waals surface area (Å²) in [5, 5.41) is 5.96. The van der Waals surface area contributed by atoms with Gasteiger partial charge >= 0.3 is 0 Å². The standard InChI is InChI=1S/C8H17N3O/c1-6(2)11-5-7(10-3)4-8(9)12/h5-6,10-11H,4H2,1-3H3,(H2,9,12)/b7-5-. The van der Waals surface area contributed by atoms with E-state index < -0.39 is 0 Å².